The number of ether oxygens (including phenoxy) is 4. The molecule has 0 aromatic carbocycles. The molecular formula is C74H144O17P2. The highest BCUT2D eigenvalue weighted by molar-refractivity contribution is 7.47. The van der Waals surface area contributed by atoms with Gasteiger partial charge < -0.3 is 33.8 Å². The number of hydrogen-bond donors (Lipinski definition) is 3. The van der Waals surface area contributed by atoms with E-state index in [1.54, 1.807) is 0 Å². The summed E-state index contributed by atoms with van der Waals surface area (Å²) in [5, 5.41) is 10.6. The number of carbonyl (C=O) groups excluding carboxylic acids is 4. The monoisotopic (exact) mass is 1370 g/mol. The van der Waals surface area contributed by atoms with Gasteiger partial charge in [-0.1, -0.05) is 319 Å². The van der Waals surface area contributed by atoms with E-state index >= 15 is 0 Å². The molecule has 0 rings (SSSR count). The third-order valence-electron chi connectivity index (χ3n) is 17.1. The van der Waals surface area contributed by atoms with Crippen molar-refractivity contribution in [3.63, 3.8) is 0 Å². The Morgan fingerprint density at radius 3 is 0.667 bits per heavy atom. The number of phosphoric acid groups is 2. The molecule has 0 bridgehead atoms. The van der Waals surface area contributed by atoms with Crippen molar-refractivity contribution in [3.05, 3.63) is 0 Å². The molecule has 5 atom stereocenters. The minimum absolute atomic E-state index is 0.104. The van der Waals surface area contributed by atoms with Crippen LogP contribution in [0.5, 0.6) is 0 Å². The van der Waals surface area contributed by atoms with Crippen LogP contribution in [0, 0.1) is 23.7 Å². The summed E-state index contributed by atoms with van der Waals surface area (Å²) in [5.41, 5.74) is 0. The summed E-state index contributed by atoms with van der Waals surface area (Å²) >= 11 is 0. The Hall–Kier alpha value is -1.94. The van der Waals surface area contributed by atoms with E-state index in [0.717, 1.165) is 114 Å². The summed E-state index contributed by atoms with van der Waals surface area (Å²) in [6.07, 6.45) is 47.4. The van der Waals surface area contributed by atoms with Crippen LogP contribution in [0.15, 0.2) is 0 Å². The molecule has 0 saturated carbocycles. The number of esters is 4. The van der Waals surface area contributed by atoms with Crippen molar-refractivity contribution >= 4 is 39.5 Å². The lowest BCUT2D eigenvalue weighted by Crippen LogP contribution is -2.30. The molecule has 0 fully saturated rings. The molecule has 0 aliphatic carbocycles. The second kappa shape index (κ2) is 63.5. The average Bonchev–Trinajstić information content (AvgIpc) is 2.49. The molecule has 0 spiro atoms. The first-order valence-electron chi connectivity index (χ1n) is 38.2. The molecule has 0 aromatic rings. The minimum Gasteiger partial charge on any atom is -0.462 e. The molecule has 0 heterocycles. The number of hydrogen-bond acceptors (Lipinski definition) is 15. The van der Waals surface area contributed by atoms with Gasteiger partial charge in [0.2, 0.25) is 0 Å². The fourth-order valence-corrected chi connectivity index (χ4v) is 12.8. The summed E-state index contributed by atoms with van der Waals surface area (Å²) in [5.74, 6) is 0.855. The summed E-state index contributed by atoms with van der Waals surface area (Å²) in [4.78, 5) is 72.7. The highest BCUT2D eigenvalue weighted by atomic mass is 31.2. The lowest BCUT2D eigenvalue weighted by molar-refractivity contribution is -0.161. The van der Waals surface area contributed by atoms with Crippen molar-refractivity contribution in [1.29, 1.82) is 0 Å². The summed E-state index contributed by atoms with van der Waals surface area (Å²) < 4.78 is 68.4. The van der Waals surface area contributed by atoms with Crippen LogP contribution in [0.3, 0.4) is 0 Å². The van der Waals surface area contributed by atoms with E-state index in [2.05, 4.69) is 55.4 Å². The topological polar surface area (TPSA) is 237 Å². The normalized spacial score (nSPS) is 14.2. The zero-order valence-corrected chi connectivity index (χ0v) is 62.7. The van der Waals surface area contributed by atoms with Crippen molar-refractivity contribution in [2.24, 2.45) is 23.7 Å². The first kappa shape index (κ1) is 91.1. The van der Waals surface area contributed by atoms with Crippen LogP contribution in [-0.4, -0.2) is 96.7 Å². The predicted octanol–water partition coefficient (Wildman–Crippen LogP) is 21.3. The summed E-state index contributed by atoms with van der Waals surface area (Å²) in [7, 11) is -9.91. The second-order valence-corrected chi connectivity index (χ2v) is 31.5. The van der Waals surface area contributed by atoms with Crippen molar-refractivity contribution < 1.29 is 80.2 Å². The Labute approximate surface area is 568 Å². The third-order valence-corrected chi connectivity index (χ3v) is 19.0. The van der Waals surface area contributed by atoms with E-state index < -0.39 is 97.5 Å². The van der Waals surface area contributed by atoms with Crippen LogP contribution in [0.2, 0.25) is 0 Å². The largest absolute Gasteiger partial charge is 0.472 e. The van der Waals surface area contributed by atoms with E-state index in [4.69, 9.17) is 37.0 Å². The Morgan fingerprint density at radius 2 is 0.452 bits per heavy atom. The number of aliphatic hydroxyl groups excluding tert-OH is 1. The predicted molar refractivity (Wildman–Crippen MR) is 377 cm³/mol. The Morgan fingerprint density at radius 1 is 0.269 bits per heavy atom. The molecule has 3 N–H and O–H groups in total. The molecular weight excluding hydrogens is 1220 g/mol. The maximum atomic E-state index is 13.0. The zero-order chi connectivity index (χ0) is 68.9. The van der Waals surface area contributed by atoms with Crippen LogP contribution < -0.4 is 0 Å². The number of carbonyl (C=O) groups is 4. The van der Waals surface area contributed by atoms with E-state index in [1.165, 1.54) is 167 Å². The Bertz CT molecular complexity index is 1830. The van der Waals surface area contributed by atoms with E-state index in [0.29, 0.717) is 31.6 Å². The number of rotatable bonds is 71. The van der Waals surface area contributed by atoms with Gasteiger partial charge in [-0.15, -0.1) is 0 Å². The summed E-state index contributed by atoms with van der Waals surface area (Å²) in [6.45, 7) is 14.1. The number of phosphoric ester groups is 2. The first-order valence-corrected chi connectivity index (χ1v) is 41.2. The van der Waals surface area contributed by atoms with Crippen molar-refractivity contribution in [1.82, 2.24) is 0 Å². The van der Waals surface area contributed by atoms with E-state index in [1.807, 2.05) is 0 Å². The van der Waals surface area contributed by atoms with Gasteiger partial charge in [-0.2, -0.15) is 0 Å². The highest BCUT2D eigenvalue weighted by Crippen LogP contribution is 2.45. The molecule has 0 amide bonds. The lowest BCUT2D eigenvalue weighted by atomic mass is 10.0. The maximum absolute atomic E-state index is 13.0. The summed E-state index contributed by atoms with van der Waals surface area (Å²) in [6, 6.07) is 0. The van der Waals surface area contributed by atoms with Crippen LogP contribution in [-0.2, 0) is 65.4 Å². The van der Waals surface area contributed by atoms with Crippen LogP contribution in [0.1, 0.15) is 370 Å². The standard InChI is InChI=1S/C74H144O17P2/c1-64(2)50-42-34-26-20-16-12-10-9-11-13-19-23-30-40-48-56-73(78)90-70(61-85-72(77)55-47-39-33-32-37-45-53-67(7)8)63-89-93(82,83)87-59-68(75)58-86-92(80,81)88-62-69(91-74(79)57-49-41-31-25-24-28-36-44-52-66(5)6)60-84-71(76)54-46-38-29-22-18-15-14-17-21-27-35-43-51-65(3)4/h64-70,75H,9-63H2,1-8H3,(H,80,81)(H,82,83)/t68?,69-,70-/m1/s1. The van der Waals surface area contributed by atoms with Gasteiger partial charge >= 0.3 is 39.5 Å². The molecule has 17 nitrogen and oxygen atoms in total. The first-order chi connectivity index (χ1) is 44.6. The van der Waals surface area contributed by atoms with Gasteiger partial charge in [0.15, 0.2) is 12.2 Å². The second-order valence-electron chi connectivity index (χ2n) is 28.6. The molecule has 0 radical (unpaired) electrons. The van der Waals surface area contributed by atoms with Gasteiger partial charge in [0.25, 0.3) is 0 Å². The highest BCUT2D eigenvalue weighted by Gasteiger charge is 2.30. The zero-order valence-electron chi connectivity index (χ0n) is 60.9. The molecule has 93 heavy (non-hydrogen) atoms. The molecule has 3 unspecified atom stereocenters. The average molecular weight is 1370 g/mol. The van der Waals surface area contributed by atoms with Gasteiger partial charge in [-0.05, 0) is 49.4 Å². The van der Waals surface area contributed by atoms with E-state index in [9.17, 15) is 43.2 Å². The van der Waals surface area contributed by atoms with Crippen molar-refractivity contribution in [2.45, 2.75) is 388 Å². The maximum Gasteiger partial charge on any atom is 0.472 e. The van der Waals surface area contributed by atoms with Gasteiger partial charge in [0, 0.05) is 25.7 Å². The molecule has 0 aromatic heterocycles. The third kappa shape index (κ3) is 68.4. The number of aliphatic hydroxyl groups is 1. The van der Waals surface area contributed by atoms with Gasteiger partial charge in [-0.3, -0.25) is 37.3 Å². The van der Waals surface area contributed by atoms with Crippen LogP contribution >= 0.6 is 15.6 Å². The Kier molecular flexibility index (Phi) is 62.2. The molecule has 19 heteroatoms. The Balaban J connectivity index is 5.20. The van der Waals surface area contributed by atoms with Gasteiger partial charge in [0.1, 0.15) is 19.3 Å². The molecule has 0 aliphatic rings. The van der Waals surface area contributed by atoms with Gasteiger partial charge in [0.05, 0.1) is 26.4 Å². The van der Waals surface area contributed by atoms with Crippen molar-refractivity contribution in [2.75, 3.05) is 39.6 Å². The fraction of sp³-hybridized carbons (Fsp3) is 0.946. The minimum atomic E-state index is -4.95. The van der Waals surface area contributed by atoms with Crippen LogP contribution in [0.25, 0.3) is 0 Å². The van der Waals surface area contributed by atoms with Crippen molar-refractivity contribution in [3.8, 4) is 0 Å². The molecule has 0 saturated heterocycles. The smallest absolute Gasteiger partial charge is 0.462 e. The molecule has 552 valence electrons. The quantitative estimate of drug-likeness (QED) is 0.0222. The lowest BCUT2D eigenvalue weighted by Gasteiger charge is -2.21. The van der Waals surface area contributed by atoms with Crippen LogP contribution in [0.4, 0.5) is 0 Å². The number of unbranched alkanes of at least 4 members (excludes halogenated alkanes) is 37. The van der Waals surface area contributed by atoms with E-state index in [-0.39, 0.29) is 25.7 Å². The SMILES string of the molecule is CC(C)CCCCCCCCCCCCCCCCCC(=O)O[C@H](COC(=O)CCCCCCCCC(C)C)COP(=O)(O)OCC(O)COP(=O)(O)OC[C@@H](COC(=O)CCCCCCCCCCCCCCC(C)C)OC(=O)CCCCCCCCCCC(C)C. The molecule has 0 aliphatic heterocycles. The fourth-order valence-electron chi connectivity index (χ4n) is 11.2. The van der Waals surface area contributed by atoms with Gasteiger partial charge in [-0.25, -0.2) is 9.13 Å².